The third-order valence-electron chi connectivity index (χ3n) is 5.78. The van der Waals surface area contributed by atoms with Crippen LogP contribution in [0.2, 0.25) is 0 Å². The van der Waals surface area contributed by atoms with Crippen LogP contribution in [-0.4, -0.2) is 55.1 Å². The van der Waals surface area contributed by atoms with E-state index in [1.54, 1.807) is 36.4 Å². The van der Waals surface area contributed by atoms with Crippen LogP contribution in [0.15, 0.2) is 54.2 Å². The zero-order chi connectivity index (χ0) is 25.6. The van der Waals surface area contributed by atoms with Crippen LogP contribution >= 0.6 is 0 Å². The molecule has 3 heterocycles. The molecular formula is C24H28F3N7O. The topological polar surface area (TPSA) is 96.3 Å². The number of carbonyl (C=O) groups excluding carboxylic acids is 1. The van der Waals surface area contributed by atoms with Gasteiger partial charge in [-0.2, -0.15) is 13.2 Å². The minimum Gasteiger partial charge on any atom is -0.349 e. The number of rotatable bonds is 7. The van der Waals surface area contributed by atoms with E-state index in [9.17, 15) is 18.0 Å². The first-order chi connectivity index (χ1) is 16.6. The van der Waals surface area contributed by atoms with E-state index < -0.39 is 11.7 Å². The molecule has 0 bridgehead atoms. The highest BCUT2D eigenvalue weighted by Crippen LogP contribution is 2.28. The van der Waals surface area contributed by atoms with Gasteiger partial charge in [0, 0.05) is 55.5 Å². The quantitative estimate of drug-likeness (QED) is 0.576. The normalized spacial score (nSPS) is 19.4. The van der Waals surface area contributed by atoms with Gasteiger partial charge in [-0.3, -0.25) is 9.79 Å². The fourth-order valence-corrected chi connectivity index (χ4v) is 3.71. The molecule has 2 aromatic heterocycles. The molecule has 1 N–H and O–H groups in total. The van der Waals surface area contributed by atoms with Crippen molar-refractivity contribution in [3.8, 4) is 0 Å². The van der Waals surface area contributed by atoms with Crippen LogP contribution < -0.4 is 5.32 Å². The SMILES string of the molecule is C=C(C/C(=N\C(C)=C/C)C(=O)N1CCC[C@@H](Nc2ncc(C(F)(F)F)cn2)[C@@H]1C)c1ncccn1. The van der Waals surface area contributed by atoms with Gasteiger partial charge in [-0.15, -0.1) is 0 Å². The molecule has 1 aliphatic heterocycles. The maximum atomic E-state index is 13.6. The highest BCUT2D eigenvalue weighted by atomic mass is 19.4. The molecule has 1 saturated heterocycles. The smallest absolute Gasteiger partial charge is 0.349 e. The molecule has 0 spiro atoms. The molecule has 1 fully saturated rings. The lowest BCUT2D eigenvalue weighted by molar-refractivity contribution is -0.138. The van der Waals surface area contributed by atoms with Gasteiger partial charge in [0.1, 0.15) is 5.71 Å². The van der Waals surface area contributed by atoms with Crippen LogP contribution in [-0.2, 0) is 11.0 Å². The Labute approximate surface area is 202 Å². The third-order valence-corrected chi connectivity index (χ3v) is 5.78. The predicted octanol–water partition coefficient (Wildman–Crippen LogP) is 4.55. The van der Waals surface area contributed by atoms with Crippen LogP contribution in [0.4, 0.5) is 19.1 Å². The van der Waals surface area contributed by atoms with E-state index >= 15 is 0 Å². The van der Waals surface area contributed by atoms with Crippen LogP contribution in [0.1, 0.15) is 51.4 Å². The van der Waals surface area contributed by atoms with Crippen molar-refractivity contribution in [2.24, 2.45) is 4.99 Å². The Kier molecular flexibility index (Phi) is 8.31. The summed E-state index contributed by atoms with van der Waals surface area (Å²) in [5.74, 6) is 0.282. The second kappa shape index (κ2) is 11.2. The highest BCUT2D eigenvalue weighted by Gasteiger charge is 2.34. The summed E-state index contributed by atoms with van der Waals surface area (Å²) in [6.07, 6.45) is 3.59. The lowest BCUT2D eigenvalue weighted by Gasteiger charge is -2.40. The van der Waals surface area contributed by atoms with Crippen LogP contribution in [0.5, 0.6) is 0 Å². The number of carbonyl (C=O) groups is 1. The summed E-state index contributed by atoms with van der Waals surface area (Å²) in [5, 5.41) is 3.08. The number of allylic oxidation sites excluding steroid dienone is 3. The number of nitrogens with zero attached hydrogens (tertiary/aromatic N) is 6. The molecule has 2 atom stereocenters. The average molecular weight is 488 g/mol. The third kappa shape index (κ3) is 6.71. The summed E-state index contributed by atoms with van der Waals surface area (Å²) in [4.78, 5) is 35.8. The molecule has 8 nitrogen and oxygen atoms in total. The predicted molar refractivity (Wildman–Crippen MR) is 127 cm³/mol. The van der Waals surface area contributed by atoms with Gasteiger partial charge in [-0.1, -0.05) is 12.7 Å². The van der Waals surface area contributed by atoms with E-state index in [-0.39, 0.29) is 30.4 Å². The minimum atomic E-state index is -4.50. The molecule has 0 unspecified atom stereocenters. The van der Waals surface area contributed by atoms with Crippen molar-refractivity contribution in [1.82, 2.24) is 24.8 Å². The van der Waals surface area contributed by atoms with Crippen LogP contribution in [0, 0.1) is 0 Å². The van der Waals surface area contributed by atoms with Crippen molar-refractivity contribution in [2.75, 3.05) is 11.9 Å². The average Bonchev–Trinajstić information content (AvgIpc) is 2.84. The summed E-state index contributed by atoms with van der Waals surface area (Å²) >= 11 is 0. The van der Waals surface area contributed by atoms with Crippen molar-refractivity contribution in [2.45, 2.75) is 58.3 Å². The Hall–Kier alpha value is -3.63. The van der Waals surface area contributed by atoms with E-state index in [2.05, 4.69) is 36.8 Å². The van der Waals surface area contributed by atoms with Gasteiger partial charge in [-0.25, -0.2) is 19.9 Å². The Morgan fingerprint density at radius 3 is 2.51 bits per heavy atom. The number of likely N-dealkylation sites (tertiary alicyclic amines) is 1. The highest BCUT2D eigenvalue weighted by molar-refractivity contribution is 6.40. The monoisotopic (exact) mass is 487 g/mol. The number of halogens is 3. The number of amides is 1. The first-order valence-electron chi connectivity index (χ1n) is 11.2. The summed E-state index contributed by atoms with van der Waals surface area (Å²) < 4.78 is 38.4. The maximum absolute atomic E-state index is 13.6. The number of alkyl halides is 3. The van der Waals surface area contributed by atoms with Gasteiger partial charge in [0.05, 0.1) is 5.56 Å². The van der Waals surface area contributed by atoms with Gasteiger partial charge < -0.3 is 10.2 Å². The molecule has 11 heteroatoms. The Bertz CT molecular complexity index is 1100. The molecule has 0 aromatic carbocycles. The number of aromatic nitrogens is 4. The molecule has 1 aliphatic rings. The van der Waals surface area contributed by atoms with Gasteiger partial charge in [0.2, 0.25) is 5.95 Å². The molecule has 186 valence electrons. The van der Waals surface area contributed by atoms with E-state index in [1.165, 1.54) is 0 Å². The fourth-order valence-electron chi connectivity index (χ4n) is 3.71. The zero-order valence-electron chi connectivity index (χ0n) is 19.9. The van der Waals surface area contributed by atoms with E-state index in [4.69, 9.17) is 0 Å². The molecule has 1 amide bonds. The van der Waals surface area contributed by atoms with E-state index in [0.29, 0.717) is 42.2 Å². The number of piperidine rings is 1. The molecule has 0 aliphatic carbocycles. The standard InChI is InChI=1S/C24H28F3N7O/c1-5-16(3)32-20(12-15(2)21-28-9-7-10-29-21)22(35)34-11-6-8-19(17(34)4)33-23-30-13-18(14-31-23)24(25,26)27/h5,7,9-10,13-14,17,19H,2,6,8,11-12H2,1,3-4H3,(H,30,31,33)/b16-5-,32-20+/t17-,19+/m0/s1. The van der Waals surface area contributed by atoms with Crippen LogP contribution in [0.25, 0.3) is 5.57 Å². The van der Waals surface area contributed by atoms with E-state index in [1.807, 2.05) is 13.8 Å². The maximum Gasteiger partial charge on any atom is 0.419 e. The van der Waals surface area contributed by atoms with Crippen molar-refractivity contribution in [1.29, 1.82) is 0 Å². The van der Waals surface area contributed by atoms with Gasteiger partial charge >= 0.3 is 6.18 Å². The number of hydrogen-bond acceptors (Lipinski definition) is 7. The Morgan fingerprint density at radius 2 is 1.91 bits per heavy atom. The summed E-state index contributed by atoms with van der Waals surface area (Å²) in [6.45, 7) is 10.1. The van der Waals surface area contributed by atoms with Crippen LogP contribution in [0.3, 0.4) is 0 Å². The zero-order valence-corrected chi connectivity index (χ0v) is 19.9. The number of hydrogen-bond donors (Lipinski definition) is 1. The van der Waals surface area contributed by atoms with Gasteiger partial charge in [0.25, 0.3) is 5.91 Å². The van der Waals surface area contributed by atoms with Gasteiger partial charge in [-0.05, 0) is 45.3 Å². The lowest BCUT2D eigenvalue weighted by atomic mass is 9.96. The number of anilines is 1. The number of aliphatic imine (C=N–C) groups is 1. The number of nitrogens with one attached hydrogen (secondary N) is 1. The molecular weight excluding hydrogens is 459 g/mol. The minimum absolute atomic E-state index is 0.0809. The fraction of sp³-hybridized carbons (Fsp3) is 0.417. The van der Waals surface area contributed by atoms with Crippen molar-refractivity contribution in [3.05, 3.63) is 60.6 Å². The second-order valence-corrected chi connectivity index (χ2v) is 8.27. The largest absolute Gasteiger partial charge is 0.419 e. The molecule has 2 aromatic rings. The Balaban J connectivity index is 1.77. The van der Waals surface area contributed by atoms with E-state index in [0.717, 1.165) is 12.4 Å². The first-order valence-corrected chi connectivity index (χ1v) is 11.2. The van der Waals surface area contributed by atoms with Crippen molar-refractivity contribution in [3.63, 3.8) is 0 Å². The molecule has 0 radical (unpaired) electrons. The second-order valence-electron chi connectivity index (χ2n) is 8.27. The van der Waals surface area contributed by atoms with Gasteiger partial charge in [0.15, 0.2) is 5.82 Å². The summed E-state index contributed by atoms with van der Waals surface area (Å²) in [7, 11) is 0. The Morgan fingerprint density at radius 1 is 1.26 bits per heavy atom. The van der Waals surface area contributed by atoms with Crippen molar-refractivity contribution < 1.29 is 18.0 Å². The first kappa shape index (κ1) is 26.0. The molecule has 0 saturated carbocycles. The summed E-state index contributed by atoms with van der Waals surface area (Å²) in [5.41, 5.74) is 0.655. The molecule has 35 heavy (non-hydrogen) atoms. The summed E-state index contributed by atoms with van der Waals surface area (Å²) in [6, 6.07) is 1.18. The lowest BCUT2D eigenvalue weighted by Crippen LogP contribution is -2.54. The van der Waals surface area contributed by atoms with Crippen molar-refractivity contribution >= 4 is 23.1 Å². The molecule has 3 rings (SSSR count).